The molecular formula is C8H7IN2. The van der Waals surface area contributed by atoms with Crippen LogP contribution >= 0.6 is 22.6 Å². The Morgan fingerprint density at radius 3 is 2.73 bits per heavy atom. The Morgan fingerprint density at radius 2 is 2.09 bits per heavy atom. The molecule has 3 heteroatoms. The van der Waals surface area contributed by atoms with Gasteiger partial charge in [-0.1, -0.05) is 18.2 Å². The molecule has 1 N–H and O–H groups in total. The highest BCUT2D eigenvalue weighted by Gasteiger charge is 1.91. The van der Waals surface area contributed by atoms with Crippen LogP contribution in [0.3, 0.4) is 0 Å². The summed E-state index contributed by atoms with van der Waals surface area (Å²) in [5.74, 6) is 0. The maximum absolute atomic E-state index is 6.70. The van der Waals surface area contributed by atoms with Gasteiger partial charge in [0.25, 0.3) is 0 Å². The summed E-state index contributed by atoms with van der Waals surface area (Å²) in [7, 11) is 0. The highest BCUT2D eigenvalue weighted by Crippen LogP contribution is 2.08. The first-order valence-electron chi connectivity index (χ1n) is 3.11. The number of halogens is 1. The average molecular weight is 258 g/mol. The third-order valence-corrected chi connectivity index (χ3v) is 2.18. The van der Waals surface area contributed by atoms with Crippen LogP contribution in [0.25, 0.3) is 0 Å². The van der Waals surface area contributed by atoms with E-state index < -0.39 is 0 Å². The van der Waals surface area contributed by atoms with Crippen LogP contribution in [0, 0.1) is 8.98 Å². The van der Waals surface area contributed by atoms with E-state index in [4.69, 9.17) is 5.41 Å². The van der Waals surface area contributed by atoms with Crippen LogP contribution in [-0.2, 0) is 0 Å². The van der Waals surface area contributed by atoms with Crippen LogP contribution < -0.4 is 0 Å². The van der Waals surface area contributed by atoms with Crippen molar-refractivity contribution in [3.63, 3.8) is 0 Å². The molecule has 0 saturated heterocycles. The summed E-state index contributed by atoms with van der Waals surface area (Å²) in [5, 5.41) is 6.70. The lowest BCUT2D eigenvalue weighted by Gasteiger charge is -1.93. The van der Waals surface area contributed by atoms with Crippen molar-refractivity contribution in [1.82, 2.24) is 0 Å². The first kappa shape index (κ1) is 8.39. The molecule has 0 radical (unpaired) electrons. The molecule has 0 fully saturated rings. The zero-order valence-electron chi connectivity index (χ0n) is 5.79. The molecule has 1 aromatic carbocycles. The van der Waals surface area contributed by atoms with Gasteiger partial charge in [0.2, 0.25) is 0 Å². The van der Waals surface area contributed by atoms with E-state index in [0.717, 1.165) is 15.5 Å². The van der Waals surface area contributed by atoms with E-state index in [1.54, 1.807) is 6.21 Å². The number of benzene rings is 1. The largest absolute Gasteiger partial charge is 0.290 e. The van der Waals surface area contributed by atoms with E-state index in [9.17, 15) is 0 Å². The summed E-state index contributed by atoms with van der Waals surface area (Å²) in [5.41, 5.74) is 1.05. The normalized spacial score (nSPS) is 10.3. The second kappa shape index (κ2) is 4.23. The Balaban J connectivity index is 2.94. The first-order valence-corrected chi connectivity index (χ1v) is 4.19. The molecular weight excluding hydrogens is 251 g/mol. The zero-order valence-corrected chi connectivity index (χ0v) is 7.95. The molecule has 0 aliphatic heterocycles. The van der Waals surface area contributed by atoms with E-state index in [2.05, 4.69) is 27.6 Å². The minimum absolute atomic E-state index is 1.03. The van der Waals surface area contributed by atoms with Gasteiger partial charge in [-0.15, -0.1) is 0 Å². The minimum atomic E-state index is 1.03. The molecule has 0 unspecified atom stereocenters. The molecule has 0 saturated carbocycles. The van der Waals surface area contributed by atoms with Gasteiger partial charge >= 0.3 is 0 Å². The van der Waals surface area contributed by atoms with E-state index in [1.807, 2.05) is 24.3 Å². The standard InChI is InChI=1S/C8H7IN2/c9-8-4-2-1-3-7(8)5-11-6-10/h1-6,10H. The van der Waals surface area contributed by atoms with Gasteiger partial charge in [-0.05, 0) is 28.7 Å². The van der Waals surface area contributed by atoms with Crippen molar-refractivity contribution < 1.29 is 0 Å². The smallest absolute Gasteiger partial charge is 0.106 e. The molecule has 1 aromatic rings. The maximum atomic E-state index is 6.70. The molecule has 0 aromatic heterocycles. The molecule has 0 amide bonds. The van der Waals surface area contributed by atoms with Crippen molar-refractivity contribution in [3.05, 3.63) is 33.4 Å². The predicted octanol–water partition coefficient (Wildman–Crippen LogP) is 2.32. The Hall–Kier alpha value is -0.710. The van der Waals surface area contributed by atoms with Gasteiger partial charge in [0, 0.05) is 15.3 Å². The second-order valence-corrected chi connectivity index (χ2v) is 3.09. The highest BCUT2D eigenvalue weighted by atomic mass is 127. The van der Waals surface area contributed by atoms with Crippen molar-refractivity contribution in [2.24, 2.45) is 4.99 Å². The predicted molar refractivity (Wildman–Crippen MR) is 55.5 cm³/mol. The van der Waals surface area contributed by atoms with Gasteiger partial charge < -0.3 is 0 Å². The minimum Gasteiger partial charge on any atom is -0.290 e. The number of nitrogens with zero attached hydrogens (tertiary/aromatic N) is 1. The fraction of sp³-hybridized carbons (Fsp3) is 0. The number of nitrogens with one attached hydrogen (secondary N) is 1. The first-order chi connectivity index (χ1) is 5.34. The van der Waals surface area contributed by atoms with Crippen LogP contribution in [0.4, 0.5) is 0 Å². The Bertz CT molecular complexity index is 281. The summed E-state index contributed by atoms with van der Waals surface area (Å²) in [4.78, 5) is 3.71. The van der Waals surface area contributed by atoms with Crippen LogP contribution in [-0.4, -0.2) is 12.6 Å². The van der Waals surface area contributed by atoms with E-state index >= 15 is 0 Å². The number of rotatable bonds is 2. The molecule has 0 aliphatic carbocycles. The molecule has 0 bridgehead atoms. The van der Waals surface area contributed by atoms with Crippen molar-refractivity contribution in [3.8, 4) is 0 Å². The lowest BCUT2D eigenvalue weighted by Crippen LogP contribution is -1.84. The number of aliphatic imine (C=N–C) groups is 1. The summed E-state index contributed by atoms with van der Waals surface area (Å²) < 4.78 is 1.15. The van der Waals surface area contributed by atoms with Crippen molar-refractivity contribution >= 4 is 35.1 Å². The van der Waals surface area contributed by atoms with Gasteiger partial charge in [0.1, 0.15) is 6.34 Å². The maximum Gasteiger partial charge on any atom is 0.106 e. The molecule has 2 nitrogen and oxygen atoms in total. The van der Waals surface area contributed by atoms with Crippen LogP contribution in [0.5, 0.6) is 0 Å². The average Bonchev–Trinajstić information content (AvgIpc) is 2.03. The Morgan fingerprint density at radius 1 is 1.36 bits per heavy atom. The molecule has 0 aliphatic rings. The Labute approximate surface area is 79.0 Å². The van der Waals surface area contributed by atoms with Crippen LogP contribution in [0.1, 0.15) is 5.56 Å². The topological polar surface area (TPSA) is 36.2 Å². The summed E-state index contributed by atoms with van der Waals surface area (Å²) in [6.07, 6.45) is 2.71. The quantitative estimate of drug-likeness (QED) is 0.480. The third kappa shape index (κ3) is 2.42. The molecule has 56 valence electrons. The fourth-order valence-corrected chi connectivity index (χ4v) is 1.22. The molecule has 1 rings (SSSR count). The number of hydrogen-bond acceptors (Lipinski definition) is 1. The van der Waals surface area contributed by atoms with Crippen LogP contribution in [0.2, 0.25) is 0 Å². The Kier molecular flexibility index (Phi) is 3.22. The van der Waals surface area contributed by atoms with E-state index in [1.165, 1.54) is 0 Å². The summed E-state index contributed by atoms with van der Waals surface area (Å²) >= 11 is 2.23. The van der Waals surface area contributed by atoms with Crippen molar-refractivity contribution in [2.45, 2.75) is 0 Å². The van der Waals surface area contributed by atoms with Crippen LogP contribution in [0.15, 0.2) is 29.3 Å². The lowest BCUT2D eigenvalue weighted by atomic mass is 10.2. The number of hydrogen-bond donors (Lipinski definition) is 1. The highest BCUT2D eigenvalue weighted by molar-refractivity contribution is 14.1. The second-order valence-electron chi connectivity index (χ2n) is 1.93. The summed E-state index contributed by atoms with van der Waals surface area (Å²) in [6, 6.07) is 7.90. The van der Waals surface area contributed by atoms with Crippen molar-refractivity contribution in [1.29, 1.82) is 5.41 Å². The van der Waals surface area contributed by atoms with Gasteiger partial charge in [-0.2, -0.15) is 0 Å². The van der Waals surface area contributed by atoms with Gasteiger partial charge in [-0.25, -0.2) is 4.99 Å². The molecule has 0 atom stereocenters. The van der Waals surface area contributed by atoms with Gasteiger partial charge in [0.15, 0.2) is 0 Å². The monoisotopic (exact) mass is 258 g/mol. The zero-order chi connectivity index (χ0) is 8.10. The van der Waals surface area contributed by atoms with E-state index in [0.29, 0.717) is 0 Å². The lowest BCUT2D eigenvalue weighted by molar-refractivity contribution is 1.51. The molecule has 0 spiro atoms. The fourth-order valence-electron chi connectivity index (χ4n) is 0.697. The van der Waals surface area contributed by atoms with Gasteiger partial charge in [-0.3, -0.25) is 5.41 Å². The molecule has 0 heterocycles. The van der Waals surface area contributed by atoms with Crippen molar-refractivity contribution in [2.75, 3.05) is 0 Å². The third-order valence-electron chi connectivity index (χ3n) is 1.19. The van der Waals surface area contributed by atoms with Gasteiger partial charge in [0.05, 0.1) is 0 Å². The summed E-state index contributed by atoms with van der Waals surface area (Å²) in [6.45, 7) is 0. The SMILES string of the molecule is N=CN=Cc1ccccc1I. The molecule has 11 heavy (non-hydrogen) atoms. The van der Waals surface area contributed by atoms with E-state index in [-0.39, 0.29) is 0 Å².